The van der Waals surface area contributed by atoms with Crippen LogP contribution in [0.5, 0.6) is 0 Å². The first-order valence-corrected chi connectivity index (χ1v) is 5.35. The van der Waals surface area contributed by atoms with Crippen LogP contribution >= 0.6 is 22.6 Å². The molecule has 0 unspecified atom stereocenters. The number of hydrogen-bond donors (Lipinski definition) is 1. The summed E-state index contributed by atoms with van der Waals surface area (Å²) < 4.78 is 30.1. The third kappa shape index (κ3) is 2.64. The molecule has 0 bridgehead atoms. The fourth-order valence-electron chi connectivity index (χ4n) is 1.14. The molecule has 16 heavy (non-hydrogen) atoms. The van der Waals surface area contributed by atoms with E-state index in [9.17, 15) is 13.6 Å². The van der Waals surface area contributed by atoms with Gasteiger partial charge in [0.1, 0.15) is 0 Å². The molecule has 0 saturated heterocycles. The van der Waals surface area contributed by atoms with Crippen molar-refractivity contribution in [1.82, 2.24) is 4.98 Å². The molecule has 0 amide bonds. The zero-order valence-corrected chi connectivity index (χ0v) is 10.5. The number of ether oxygens (including phenoxy) is 1. The number of rotatable bonds is 3. The first-order chi connectivity index (χ1) is 7.51. The number of esters is 1. The monoisotopic (exact) mass is 342 g/mol. The van der Waals surface area contributed by atoms with E-state index in [0.29, 0.717) is 5.69 Å². The van der Waals surface area contributed by atoms with Gasteiger partial charge in [-0.15, -0.1) is 0 Å². The van der Waals surface area contributed by atoms with Crippen LogP contribution in [-0.4, -0.2) is 18.1 Å². The number of halogens is 3. The lowest BCUT2D eigenvalue weighted by atomic mass is 10.1. The Kier molecular flexibility index (Phi) is 4.54. The highest BCUT2D eigenvalue weighted by Crippen LogP contribution is 2.28. The Morgan fingerprint density at radius 3 is 2.75 bits per heavy atom. The molecule has 7 heteroatoms. The van der Waals surface area contributed by atoms with Crippen molar-refractivity contribution in [1.29, 1.82) is 0 Å². The smallest absolute Gasteiger partial charge is 0.357 e. The van der Waals surface area contributed by atoms with Crippen molar-refractivity contribution in [3.63, 3.8) is 0 Å². The molecule has 1 aromatic heterocycles. The summed E-state index contributed by atoms with van der Waals surface area (Å²) in [5.74, 6) is -0.886. The van der Waals surface area contributed by atoms with Gasteiger partial charge in [0.25, 0.3) is 6.43 Å². The lowest BCUT2D eigenvalue weighted by Crippen LogP contribution is -2.14. The van der Waals surface area contributed by atoms with E-state index in [1.165, 1.54) is 6.07 Å². The molecule has 0 aromatic carbocycles. The van der Waals surface area contributed by atoms with Gasteiger partial charge in [0.05, 0.1) is 18.4 Å². The van der Waals surface area contributed by atoms with Crippen LogP contribution in [-0.2, 0) is 11.3 Å². The predicted molar refractivity (Wildman–Crippen MR) is 61.1 cm³/mol. The minimum Gasteiger partial charge on any atom is -0.464 e. The van der Waals surface area contributed by atoms with Gasteiger partial charge in [0.2, 0.25) is 0 Å². The molecule has 4 nitrogen and oxygen atoms in total. The first-order valence-electron chi connectivity index (χ1n) is 4.27. The van der Waals surface area contributed by atoms with Crippen LogP contribution in [0, 0.1) is 3.57 Å². The maximum absolute atomic E-state index is 12.7. The third-order valence-corrected chi connectivity index (χ3v) is 2.76. The van der Waals surface area contributed by atoms with E-state index >= 15 is 0 Å². The number of pyridine rings is 1. The van der Waals surface area contributed by atoms with Crippen LogP contribution in [0.2, 0.25) is 0 Å². The Morgan fingerprint density at radius 2 is 2.31 bits per heavy atom. The highest BCUT2D eigenvalue weighted by molar-refractivity contribution is 14.1. The summed E-state index contributed by atoms with van der Waals surface area (Å²) in [4.78, 5) is 15.1. The predicted octanol–water partition coefficient (Wildman–Crippen LogP) is 1.87. The fraction of sp³-hybridized carbons (Fsp3) is 0.333. The van der Waals surface area contributed by atoms with Gasteiger partial charge < -0.3 is 10.5 Å². The molecule has 88 valence electrons. The summed E-state index contributed by atoms with van der Waals surface area (Å²) in [7, 11) is 1.11. The lowest BCUT2D eigenvalue weighted by Gasteiger charge is -2.10. The highest BCUT2D eigenvalue weighted by Gasteiger charge is 2.24. The Balaban J connectivity index is 3.40. The Labute approximate surface area is 104 Å². The molecule has 0 aliphatic carbocycles. The second kappa shape index (κ2) is 5.48. The number of carbonyl (C=O) groups excluding carboxylic acids is 1. The molecular formula is C9H9F2IN2O2. The van der Waals surface area contributed by atoms with E-state index in [1.807, 2.05) is 0 Å². The van der Waals surface area contributed by atoms with Gasteiger partial charge in [-0.1, -0.05) is 0 Å². The summed E-state index contributed by atoms with van der Waals surface area (Å²) in [6.07, 6.45) is -2.78. The SMILES string of the molecule is COC(=O)c1nc(CN)cc(I)c1C(F)F. The molecule has 0 spiro atoms. The normalized spacial score (nSPS) is 10.6. The maximum Gasteiger partial charge on any atom is 0.357 e. The van der Waals surface area contributed by atoms with Crippen LogP contribution in [0.25, 0.3) is 0 Å². The van der Waals surface area contributed by atoms with E-state index in [-0.39, 0.29) is 15.8 Å². The average molecular weight is 342 g/mol. The number of hydrogen-bond acceptors (Lipinski definition) is 4. The minimum atomic E-state index is -2.78. The second-order valence-corrected chi connectivity index (χ2v) is 4.02. The van der Waals surface area contributed by atoms with Gasteiger partial charge in [0.15, 0.2) is 5.69 Å². The van der Waals surface area contributed by atoms with Crippen LogP contribution < -0.4 is 5.73 Å². The Bertz CT molecular complexity index is 413. The van der Waals surface area contributed by atoms with Crippen molar-refractivity contribution in [2.45, 2.75) is 13.0 Å². The standard InChI is InChI=1S/C9H9F2IN2O2/c1-16-9(15)7-6(8(10)11)5(12)2-4(3-13)14-7/h2,8H,3,13H2,1H3. The van der Waals surface area contributed by atoms with E-state index in [0.717, 1.165) is 7.11 Å². The molecule has 0 radical (unpaired) electrons. The van der Waals surface area contributed by atoms with E-state index in [2.05, 4.69) is 9.72 Å². The largest absolute Gasteiger partial charge is 0.464 e. The van der Waals surface area contributed by atoms with Crippen molar-refractivity contribution in [2.75, 3.05) is 7.11 Å². The lowest BCUT2D eigenvalue weighted by molar-refractivity contribution is 0.0580. The fourth-order valence-corrected chi connectivity index (χ4v) is 1.99. The van der Waals surface area contributed by atoms with Crippen molar-refractivity contribution in [3.05, 3.63) is 26.6 Å². The first kappa shape index (κ1) is 13.2. The number of aromatic nitrogens is 1. The maximum atomic E-state index is 12.7. The van der Waals surface area contributed by atoms with Crippen molar-refractivity contribution in [3.8, 4) is 0 Å². The van der Waals surface area contributed by atoms with Crippen LogP contribution in [0.1, 0.15) is 28.2 Å². The summed E-state index contributed by atoms with van der Waals surface area (Å²) in [5.41, 5.74) is 4.94. The van der Waals surface area contributed by atoms with Gasteiger partial charge in [-0.2, -0.15) is 0 Å². The van der Waals surface area contributed by atoms with Gasteiger partial charge in [-0.3, -0.25) is 0 Å². The Morgan fingerprint density at radius 1 is 1.69 bits per heavy atom. The Hall–Kier alpha value is -0.830. The molecule has 2 N–H and O–H groups in total. The van der Waals surface area contributed by atoms with Crippen LogP contribution in [0.15, 0.2) is 6.07 Å². The number of nitrogens with two attached hydrogens (primary N) is 1. The number of alkyl halides is 2. The average Bonchev–Trinajstić information content (AvgIpc) is 2.26. The zero-order chi connectivity index (χ0) is 12.3. The molecule has 0 saturated carbocycles. The van der Waals surface area contributed by atoms with Gasteiger partial charge in [0, 0.05) is 10.1 Å². The number of methoxy groups -OCH3 is 1. The van der Waals surface area contributed by atoms with Crippen molar-refractivity contribution < 1.29 is 18.3 Å². The summed E-state index contributed by atoms with van der Waals surface area (Å²) in [5, 5.41) is 0. The minimum absolute atomic E-state index is 0.0729. The molecule has 0 aliphatic heterocycles. The van der Waals surface area contributed by atoms with E-state index in [1.54, 1.807) is 22.6 Å². The molecule has 1 aromatic rings. The van der Waals surface area contributed by atoms with Crippen molar-refractivity contribution >= 4 is 28.6 Å². The molecule has 0 fully saturated rings. The molecule has 1 heterocycles. The van der Waals surface area contributed by atoms with E-state index in [4.69, 9.17) is 5.73 Å². The van der Waals surface area contributed by atoms with Gasteiger partial charge >= 0.3 is 5.97 Å². The molecule has 1 rings (SSSR count). The van der Waals surface area contributed by atoms with E-state index < -0.39 is 18.0 Å². The van der Waals surface area contributed by atoms with Gasteiger partial charge in [-0.25, -0.2) is 18.6 Å². The van der Waals surface area contributed by atoms with Gasteiger partial charge in [-0.05, 0) is 28.7 Å². The molecular weight excluding hydrogens is 333 g/mol. The second-order valence-electron chi connectivity index (χ2n) is 2.85. The summed E-state index contributed by atoms with van der Waals surface area (Å²) in [6.45, 7) is 0.0729. The zero-order valence-electron chi connectivity index (χ0n) is 8.34. The summed E-state index contributed by atoms with van der Waals surface area (Å²) >= 11 is 1.72. The van der Waals surface area contributed by atoms with Crippen molar-refractivity contribution in [2.24, 2.45) is 5.73 Å². The van der Waals surface area contributed by atoms with Crippen LogP contribution in [0.3, 0.4) is 0 Å². The quantitative estimate of drug-likeness (QED) is 0.673. The topological polar surface area (TPSA) is 65.2 Å². The molecule has 0 atom stereocenters. The highest BCUT2D eigenvalue weighted by atomic mass is 127. The molecule has 0 aliphatic rings. The summed E-state index contributed by atoms with van der Waals surface area (Å²) in [6, 6.07) is 1.43. The third-order valence-electron chi connectivity index (χ3n) is 1.87. The van der Waals surface area contributed by atoms with Crippen LogP contribution in [0.4, 0.5) is 8.78 Å². The number of carbonyl (C=O) groups is 1. The number of nitrogens with zero attached hydrogens (tertiary/aromatic N) is 1.